The molecule has 1 aliphatic heterocycles. The normalized spacial score (nSPS) is 21.1. The highest BCUT2D eigenvalue weighted by Gasteiger charge is 2.57. The van der Waals surface area contributed by atoms with Crippen LogP contribution in [-0.2, 0) is 10.2 Å². The van der Waals surface area contributed by atoms with Crippen molar-refractivity contribution >= 4 is 40.3 Å². The molecule has 6 nitrogen and oxygen atoms in total. The van der Waals surface area contributed by atoms with Gasteiger partial charge in [0.1, 0.15) is 5.82 Å². The second-order valence-corrected chi connectivity index (χ2v) is 12.7. The average Bonchev–Trinajstić information content (AvgIpc) is 3.91. The number of methoxy groups -OCH3 is 1. The van der Waals surface area contributed by atoms with Gasteiger partial charge in [0.25, 0.3) is 0 Å². The fraction of sp³-hybridized carbons (Fsp3) is 0.486. The summed E-state index contributed by atoms with van der Waals surface area (Å²) in [6.45, 7) is 16.6. The zero-order chi connectivity index (χ0) is 29.6. The molecule has 1 N–H and O–H groups in total. The number of benzene rings is 1. The third kappa shape index (κ3) is 4.87. The summed E-state index contributed by atoms with van der Waals surface area (Å²) in [5, 5.41) is 4.16. The van der Waals surface area contributed by atoms with E-state index in [0.29, 0.717) is 24.5 Å². The fourth-order valence-corrected chi connectivity index (χ4v) is 7.29. The van der Waals surface area contributed by atoms with Crippen LogP contribution >= 0.6 is 11.6 Å². The van der Waals surface area contributed by atoms with Gasteiger partial charge >= 0.3 is 6.01 Å². The minimum Gasteiger partial charge on any atom is -0.467 e. The van der Waals surface area contributed by atoms with Gasteiger partial charge in [-0.1, -0.05) is 63.3 Å². The van der Waals surface area contributed by atoms with Crippen LogP contribution in [0.2, 0.25) is 5.02 Å². The molecule has 3 aliphatic carbocycles. The molecule has 1 unspecified atom stereocenters. The standard InChI is InChI=1S/C35H43ClN4O2/c1-7-9-10-11-25-30-32(38-34(41-6)39-33(30)40-16-17-42-20-21(3)19-40)35(14-15-35)31(25)22(4)28-24(8-2)27(37-5)18-26(36)29(28)23-12-13-23/h8,10-11,18,21,23,37H,2,4,7,9,12-17,19-20H2,1,3,5-6H3/b11-10-. The molecule has 4 aliphatic rings. The molecule has 2 aromatic rings. The number of unbranched alkanes of at least 4 members (excludes halogenated alkanes) is 1. The first-order valence-corrected chi connectivity index (χ1v) is 15.8. The number of nitrogens with zero attached hydrogens (tertiary/aromatic N) is 3. The van der Waals surface area contributed by atoms with Crippen LogP contribution < -0.4 is 15.0 Å². The van der Waals surface area contributed by atoms with Crippen molar-refractivity contribution in [3.05, 3.63) is 69.9 Å². The predicted molar refractivity (Wildman–Crippen MR) is 175 cm³/mol. The zero-order valence-electron chi connectivity index (χ0n) is 25.5. The number of fused-ring (bicyclic) bond motifs is 2. The van der Waals surface area contributed by atoms with Crippen LogP contribution in [0, 0.1) is 5.92 Å². The van der Waals surface area contributed by atoms with Crippen molar-refractivity contribution in [3.8, 4) is 6.01 Å². The molecular formula is C35H43ClN4O2. The van der Waals surface area contributed by atoms with Crippen LogP contribution in [0.1, 0.15) is 86.2 Å². The second kappa shape index (κ2) is 11.5. The summed E-state index contributed by atoms with van der Waals surface area (Å²) in [4.78, 5) is 12.5. The van der Waals surface area contributed by atoms with Crippen LogP contribution in [-0.4, -0.2) is 50.4 Å². The topological polar surface area (TPSA) is 59.5 Å². The lowest BCUT2D eigenvalue weighted by molar-refractivity contribution is 0.129. The second-order valence-electron chi connectivity index (χ2n) is 12.3. The third-order valence-electron chi connectivity index (χ3n) is 9.17. The Bertz CT molecular complexity index is 1480. The number of ether oxygens (including phenoxy) is 2. The highest BCUT2D eigenvalue weighted by atomic mass is 35.5. The molecule has 1 saturated heterocycles. The van der Waals surface area contributed by atoms with Crippen molar-refractivity contribution in [3.63, 3.8) is 0 Å². The Kier molecular flexibility index (Phi) is 7.97. The maximum Gasteiger partial charge on any atom is 0.318 e. The minimum atomic E-state index is -0.224. The molecule has 2 saturated carbocycles. The van der Waals surface area contributed by atoms with Gasteiger partial charge < -0.3 is 19.7 Å². The van der Waals surface area contributed by atoms with E-state index in [-0.39, 0.29) is 5.41 Å². The molecule has 222 valence electrons. The van der Waals surface area contributed by atoms with Crippen molar-refractivity contribution in [2.75, 3.05) is 50.7 Å². The molecule has 1 spiro atoms. The van der Waals surface area contributed by atoms with E-state index in [9.17, 15) is 0 Å². The molecule has 3 fully saturated rings. The minimum absolute atomic E-state index is 0.224. The lowest BCUT2D eigenvalue weighted by Crippen LogP contribution is -2.31. The van der Waals surface area contributed by atoms with Crippen molar-refractivity contribution in [2.45, 2.75) is 63.7 Å². The molecule has 7 heteroatoms. The van der Waals surface area contributed by atoms with Gasteiger partial charge in [-0.15, -0.1) is 0 Å². The van der Waals surface area contributed by atoms with E-state index in [1.165, 1.54) is 16.7 Å². The summed E-state index contributed by atoms with van der Waals surface area (Å²) in [6, 6.07) is 2.47. The lowest BCUT2D eigenvalue weighted by Gasteiger charge is -2.26. The number of rotatable bonds is 10. The quantitative estimate of drug-likeness (QED) is 0.304. The van der Waals surface area contributed by atoms with Crippen LogP contribution in [0.4, 0.5) is 11.5 Å². The van der Waals surface area contributed by atoms with Crippen molar-refractivity contribution in [2.24, 2.45) is 5.92 Å². The van der Waals surface area contributed by atoms with Crippen molar-refractivity contribution in [1.82, 2.24) is 9.97 Å². The highest BCUT2D eigenvalue weighted by molar-refractivity contribution is 6.32. The van der Waals surface area contributed by atoms with Crippen LogP contribution in [0.25, 0.3) is 17.2 Å². The number of anilines is 2. The Balaban J connectivity index is 1.62. The third-order valence-corrected chi connectivity index (χ3v) is 9.48. The Morgan fingerprint density at radius 3 is 2.74 bits per heavy atom. The Hall–Kier alpha value is -3.09. The molecule has 1 aromatic heterocycles. The van der Waals surface area contributed by atoms with E-state index in [4.69, 9.17) is 37.6 Å². The zero-order valence-corrected chi connectivity index (χ0v) is 26.2. The summed E-state index contributed by atoms with van der Waals surface area (Å²) in [6.07, 6.45) is 13.0. The number of halogens is 1. The Morgan fingerprint density at radius 1 is 1.31 bits per heavy atom. The molecule has 1 aromatic carbocycles. The van der Waals surface area contributed by atoms with Gasteiger partial charge in [0.2, 0.25) is 0 Å². The van der Waals surface area contributed by atoms with Crippen LogP contribution in [0.5, 0.6) is 6.01 Å². The first-order chi connectivity index (χ1) is 20.4. The fourth-order valence-electron chi connectivity index (χ4n) is 6.94. The van der Waals surface area contributed by atoms with Gasteiger partial charge in [-0.25, -0.2) is 0 Å². The molecule has 0 amide bonds. The molecule has 42 heavy (non-hydrogen) atoms. The van der Waals surface area contributed by atoms with Gasteiger partial charge in [0, 0.05) is 47.4 Å². The Morgan fingerprint density at radius 2 is 2.10 bits per heavy atom. The van der Waals surface area contributed by atoms with E-state index in [2.05, 4.69) is 42.8 Å². The first kappa shape index (κ1) is 29.0. The summed E-state index contributed by atoms with van der Waals surface area (Å²) >= 11 is 7.04. The summed E-state index contributed by atoms with van der Waals surface area (Å²) in [5.41, 5.74) is 9.78. The summed E-state index contributed by atoms with van der Waals surface area (Å²) in [7, 11) is 3.60. The van der Waals surface area contributed by atoms with Gasteiger partial charge in [-0.3, -0.25) is 0 Å². The van der Waals surface area contributed by atoms with Crippen LogP contribution in [0.15, 0.2) is 36.9 Å². The largest absolute Gasteiger partial charge is 0.467 e. The maximum absolute atomic E-state index is 7.04. The number of hydrogen-bond donors (Lipinski definition) is 1. The molecule has 2 heterocycles. The van der Waals surface area contributed by atoms with Gasteiger partial charge in [0.05, 0.1) is 26.0 Å². The number of hydrogen-bond acceptors (Lipinski definition) is 6. The van der Waals surface area contributed by atoms with Gasteiger partial charge in [0.15, 0.2) is 0 Å². The van der Waals surface area contributed by atoms with Gasteiger partial charge in [-0.2, -0.15) is 9.97 Å². The maximum atomic E-state index is 7.04. The van der Waals surface area contributed by atoms with Crippen LogP contribution in [0.3, 0.4) is 0 Å². The SMILES string of the molecule is C=Cc1c(NC)cc(Cl)c(C2CC2)c1C(=C)C1=C(/C=C\CCC)c2c(N3CCOCC(C)C3)nc(OC)nc2C12CC2. The average molecular weight is 587 g/mol. The monoisotopic (exact) mass is 586 g/mol. The highest BCUT2D eigenvalue weighted by Crippen LogP contribution is 2.66. The van der Waals surface area contributed by atoms with Gasteiger partial charge in [-0.05, 0) is 77.9 Å². The molecule has 1 atom stereocenters. The van der Waals surface area contributed by atoms with Crippen molar-refractivity contribution < 1.29 is 9.47 Å². The van der Waals surface area contributed by atoms with E-state index >= 15 is 0 Å². The predicted octanol–water partition coefficient (Wildman–Crippen LogP) is 8.04. The lowest BCUT2D eigenvalue weighted by atomic mass is 9.81. The first-order valence-electron chi connectivity index (χ1n) is 15.5. The number of allylic oxidation sites excluding steroid dienone is 5. The summed E-state index contributed by atoms with van der Waals surface area (Å²) < 4.78 is 11.7. The van der Waals surface area contributed by atoms with Crippen molar-refractivity contribution in [1.29, 1.82) is 0 Å². The summed E-state index contributed by atoms with van der Waals surface area (Å²) in [5.74, 6) is 1.77. The molecule has 0 bridgehead atoms. The molecule has 0 radical (unpaired) electrons. The smallest absolute Gasteiger partial charge is 0.318 e. The van der Waals surface area contributed by atoms with E-state index in [1.807, 2.05) is 19.2 Å². The van der Waals surface area contributed by atoms with E-state index < -0.39 is 0 Å². The van der Waals surface area contributed by atoms with E-state index in [0.717, 1.165) is 103 Å². The number of aromatic nitrogens is 2. The molecular weight excluding hydrogens is 544 g/mol. The molecule has 6 rings (SSSR count). The Labute approximate surface area is 255 Å². The number of nitrogens with one attached hydrogen (secondary N) is 1. The van der Waals surface area contributed by atoms with E-state index in [1.54, 1.807) is 7.11 Å².